The van der Waals surface area contributed by atoms with Crippen LogP contribution in [-0.2, 0) is 4.79 Å². The van der Waals surface area contributed by atoms with Gasteiger partial charge in [-0.1, -0.05) is 6.92 Å². The van der Waals surface area contributed by atoms with Crippen LogP contribution in [0.5, 0.6) is 5.75 Å². The molecule has 44 heavy (non-hydrogen) atoms. The predicted octanol–water partition coefficient (Wildman–Crippen LogP) is 6.19. The molecule has 1 aliphatic rings. The SMILES string of the molecule is CCC(=O)Nc1cncc(-c2cc3c(-c4cc5c(-c6cc(F)cc(OCCN7CCCC7)c6)ccnc5[nH]4)n[nH]c3cn2)c1. The summed E-state index contributed by atoms with van der Waals surface area (Å²) in [5, 5.41) is 12.2. The van der Waals surface area contributed by atoms with Gasteiger partial charge in [-0.25, -0.2) is 9.37 Å². The van der Waals surface area contributed by atoms with E-state index in [4.69, 9.17) is 4.74 Å². The molecule has 3 N–H and O–H groups in total. The molecule has 222 valence electrons. The number of aromatic amines is 2. The second-order valence-electron chi connectivity index (χ2n) is 10.9. The van der Waals surface area contributed by atoms with E-state index >= 15 is 0 Å². The topological polar surface area (TPSA) is 125 Å². The summed E-state index contributed by atoms with van der Waals surface area (Å²) < 4.78 is 20.7. The second-order valence-corrected chi connectivity index (χ2v) is 10.9. The van der Waals surface area contributed by atoms with Crippen LogP contribution in [0.4, 0.5) is 10.1 Å². The van der Waals surface area contributed by atoms with Gasteiger partial charge in [0.05, 0.1) is 35.0 Å². The zero-order valence-electron chi connectivity index (χ0n) is 24.2. The first-order valence-corrected chi connectivity index (χ1v) is 14.8. The molecule has 1 aliphatic heterocycles. The molecule has 1 fully saturated rings. The van der Waals surface area contributed by atoms with Crippen molar-refractivity contribution >= 4 is 33.5 Å². The fraction of sp³-hybridized carbons (Fsp3) is 0.242. The summed E-state index contributed by atoms with van der Waals surface area (Å²) in [5.74, 6) is 0.0624. The summed E-state index contributed by atoms with van der Waals surface area (Å²) in [7, 11) is 0. The highest BCUT2D eigenvalue weighted by molar-refractivity contribution is 6.00. The fourth-order valence-corrected chi connectivity index (χ4v) is 5.68. The van der Waals surface area contributed by atoms with Crippen LogP contribution in [0.25, 0.3) is 55.7 Å². The van der Waals surface area contributed by atoms with Crippen LogP contribution in [0.15, 0.2) is 67.3 Å². The zero-order valence-corrected chi connectivity index (χ0v) is 24.2. The summed E-state index contributed by atoms with van der Waals surface area (Å²) in [6.07, 6.45) is 9.56. The Labute approximate surface area is 252 Å². The predicted molar refractivity (Wildman–Crippen MR) is 168 cm³/mol. The van der Waals surface area contributed by atoms with E-state index in [1.807, 2.05) is 30.3 Å². The molecule has 0 aliphatic carbocycles. The number of likely N-dealkylation sites (tertiary alicyclic amines) is 1. The Kier molecular flexibility index (Phi) is 7.45. The number of benzene rings is 1. The average molecular weight is 591 g/mol. The number of hydrogen-bond donors (Lipinski definition) is 3. The molecular weight excluding hydrogens is 559 g/mol. The molecule has 1 amide bonds. The highest BCUT2D eigenvalue weighted by Crippen LogP contribution is 2.35. The quantitative estimate of drug-likeness (QED) is 0.183. The maximum atomic E-state index is 14.8. The highest BCUT2D eigenvalue weighted by atomic mass is 19.1. The molecule has 0 unspecified atom stereocenters. The number of anilines is 1. The number of nitrogens with zero attached hydrogens (tertiary/aromatic N) is 5. The second kappa shape index (κ2) is 11.8. The first-order valence-electron chi connectivity index (χ1n) is 14.8. The van der Waals surface area contributed by atoms with Gasteiger partial charge in [-0.2, -0.15) is 5.10 Å². The number of halogens is 1. The van der Waals surface area contributed by atoms with Gasteiger partial charge < -0.3 is 15.0 Å². The average Bonchev–Trinajstić information content (AvgIpc) is 3.80. The van der Waals surface area contributed by atoms with Gasteiger partial charge in [0.1, 0.15) is 29.5 Å². The van der Waals surface area contributed by atoms with E-state index in [-0.39, 0.29) is 11.7 Å². The van der Waals surface area contributed by atoms with E-state index in [1.54, 1.807) is 31.7 Å². The number of carbonyl (C=O) groups excluding carboxylic acids is 1. The molecule has 0 saturated carbocycles. The third-order valence-electron chi connectivity index (χ3n) is 7.93. The van der Waals surface area contributed by atoms with E-state index < -0.39 is 0 Å². The third kappa shape index (κ3) is 5.61. The molecule has 5 aromatic heterocycles. The number of amides is 1. The van der Waals surface area contributed by atoms with Crippen molar-refractivity contribution in [2.45, 2.75) is 26.2 Å². The molecule has 1 aromatic carbocycles. The minimum atomic E-state index is -0.356. The Balaban J connectivity index is 1.20. The molecule has 0 atom stereocenters. The van der Waals surface area contributed by atoms with E-state index in [0.717, 1.165) is 52.7 Å². The van der Waals surface area contributed by atoms with Gasteiger partial charge in [0.15, 0.2) is 0 Å². The number of fused-ring (bicyclic) bond motifs is 2. The van der Waals surface area contributed by atoms with Crippen molar-refractivity contribution in [3.63, 3.8) is 0 Å². The smallest absolute Gasteiger partial charge is 0.224 e. The minimum absolute atomic E-state index is 0.0872. The molecule has 11 heteroatoms. The Hall–Kier alpha value is -5.16. The largest absolute Gasteiger partial charge is 0.492 e. The first kappa shape index (κ1) is 27.7. The van der Waals surface area contributed by atoms with Crippen molar-refractivity contribution in [3.8, 4) is 39.5 Å². The molecule has 1 saturated heterocycles. The Morgan fingerprint density at radius 3 is 2.77 bits per heavy atom. The molecule has 6 aromatic rings. The Morgan fingerprint density at radius 2 is 1.91 bits per heavy atom. The maximum Gasteiger partial charge on any atom is 0.224 e. The highest BCUT2D eigenvalue weighted by Gasteiger charge is 2.17. The lowest BCUT2D eigenvalue weighted by Gasteiger charge is -2.15. The summed E-state index contributed by atoms with van der Waals surface area (Å²) in [6.45, 7) is 5.33. The van der Waals surface area contributed by atoms with Gasteiger partial charge in [-0.05, 0) is 73.5 Å². The van der Waals surface area contributed by atoms with Gasteiger partial charge in [-0.15, -0.1) is 0 Å². The van der Waals surface area contributed by atoms with Gasteiger partial charge in [-0.3, -0.25) is 24.8 Å². The number of carbonyl (C=O) groups is 1. The molecule has 0 bridgehead atoms. The number of aromatic nitrogens is 6. The van der Waals surface area contributed by atoms with E-state index in [0.29, 0.717) is 47.1 Å². The monoisotopic (exact) mass is 590 g/mol. The Morgan fingerprint density at radius 1 is 1.02 bits per heavy atom. The normalized spacial score (nSPS) is 13.6. The molecule has 0 radical (unpaired) electrons. The summed E-state index contributed by atoms with van der Waals surface area (Å²) in [5.41, 5.74) is 6.47. The van der Waals surface area contributed by atoms with Gasteiger partial charge in [0.2, 0.25) is 5.91 Å². The van der Waals surface area contributed by atoms with Crippen LogP contribution in [-0.4, -0.2) is 67.2 Å². The molecule has 6 heterocycles. The summed E-state index contributed by atoms with van der Waals surface area (Å²) >= 11 is 0. The third-order valence-corrected chi connectivity index (χ3v) is 7.93. The number of rotatable bonds is 9. The standard InChI is InChI=1S/C33H31FN8O2/c1-2-31(43)38-23-12-21(17-35-18-23)28-16-27-30(19-37-28)40-41-32(27)29-15-26-25(5-6-36-33(26)39-29)20-11-22(34)14-24(13-20)44-10-9-42-7-3-4-8-42/h5-6,11-19H,2-4,7-10H2,1H3,(H,36,39)(H,38,43)(H,40,41). The van der Waals surface area contributed by atoms with E-state index in [9.17, 15) is 9.18 Å². The number of ether oxygens (including phenoxy) is 1. The van der Waals surface area contributed by atoms with E-state index in [1.165, 1.54) is 25.0 Å². The lowest BCUT2D eigenvalue weighted by molar-refractivity contribution is -0.115. The van der Waals surface area contributed by atoms with Crippen molar-refractivity contribution in [1.82, 2.24) is 35.0 Å². The van der Waals surface area contributed by atoms with Gasteiger partial charge >= 0.3 is 0 Å². The van der Waals surface area contributed by atoms with Crippen molar-refractivity contribution < 1.29 is 13.9 Å². The van der Waals surface area contributed by atoms with Crippen LogP contribution >= 0.6 is 0 Å². The minimum Gasteiger partial charge on any atom is -0.492 e. The summed E-state index contributed by atoms with van der Waals surface area (Å²) in [4.78, 5) is 31.0. The number of pyridine rings is 3. The van der Waals surface area contributed by atoms with Gasteiger partial charge in [0.25, 0.3) is 0 Å². The molecule has 7 rings (SSSR count). The van der Waals surface area contributed by atoms with Crippen LogP contribution < -0.4 is 10.1 Å². The van der Waals surface area contributed by atoms with Crippen LogP contribution in [0.2, 0.25) is 0 Å². The van der Waals surface area contributed by atoms with Crippen LogP contribution in [0.1, 0.15) is 26.2 Å². The number of nitrogens with one attached hydrogen (secondary N) is 3. The van der Waals surface area contributed by atoms with Crippen LogP contribution in [0, 0.1) is 5.82 Å². The fourth-order valence-electron chi connectivity index (χ4n) is 5.68. The maximum absolute atomic E-state index is 14.8. The molecular formula is C33H31FN8O2. The van der Waals surface area contributed by atoms with E-state index in [2.05, 4.69) is 40.3 Å². The zero-order chi connectivity index (χ0) is 30.0. The van der Waals surface area contributed by atoms with Crippen molar-refractivity contribution in [3.05, 3.63) is 73.1 Å². The molecule has 0 spiro atoms. The number of H-pyrrole nitrogens is 2. The summed E-state index contributed by atoms with van der Waals surface area (Å²) in [6, 6.07) is 12.5. The Bertz CT molecular complexity index is 1980. The van der Waals surface area contributed by atoms with Gasteiger partial charge in [0, 0.05) is 47.8 Å². The first-order chi connectivity index (χ1) is 21.5. The van der Waals surface area contributed by atoms with Crippen LogP contribution in [0.3, 0.4) is 0 Å². The van der Waals surface area contributed by atoms with Crippen molar-refractivity contribution in [1.29, 1.82) is 0 Å². The number of hydrogen-bond acceptors (Lipinski definition) is 7. The van der Waals surface area contributed by atoms with Crippen molar-refractivity contribution in [2.24, 2.45) is 0 Å². The lowest BCUT2D eigenvalue weighted by atomic mass is 10.0. The van der Waals surface area contributed by atoms with Crippen molar-refractivity contribution in [2.75, 3.05) is 31.6 Å². The lowest BCUT2D eigenvalue weighted by Crippen LogP contribution is -2.25. The molecule has 10 nitrogen and oxygen atoms in total.